The monoisotopic (exact) mass is 521 g/mol. The van der Waals surface area contributed by atoms with Gasteiger partial charge in [-0.25, -0.2) is 9.97 Å². The zero-order valence-corrected chi connectivity index (χ0v) is 20.9. The summed E-state index contributed by atoms with van der Waals surface area (Å²) in [4.78, 5) is 30.7. The molecule has 0 aromatic carbocycles. The van der Waals surface area contributed by atoms with Crippen LogP contribution in [0.1, 0.15) is 36.8 Å². The third-order valence-corrected chi connectivity index (χ3v) is 5.82. The Bertz CT molecular complexity index is 1410. The van der Waals surface area contributed by atoms with E-state index in [2.05, 4.69) is 35.9 Å². The zero-order valence-electron chi connectivity index (χ0n) is 19.3. The van der Waals surface area contributed by atoms with Crippen molar-refractivity contribution in [1.82, 2.24) is 24.5 Å². The molecular weight excluding hydrogens is 498 g/mol. The lowest BCUT2D eigenvalue weighted by atomic mass is 10.1. The highest BCUT2D eigenvalue weighted by Gasteiger charge is 2.20. The fourth-order valence-electron chi connectivity index (χ4n) is 3.43. The van der Waals surface area contributed by atoms with Gasteiger partial charge < -0.3 is 9.84 Å². The maximum atomic E-state index is 13.3. The molecule has 9 heteroatoms. The Morgan fingerprint density at radius 3 is 2.53 bits per heavy atom. The van der Waals surface area contributed by atoms with Crippen LogP contribution in [0.2, 0.25) is 0 Å². The summed E-state index contributed by atoms with van der Waals surface area (Å²) in [6, 6.07) is 12.8. The molecule has 0 aliphatic carbocycles. The van der Waals surface area contributed by atoms with Crippen molar-refractivity contribution in [1.29, 1.82) is 0 Å². The lowest BCUT2D eigenvalue weighted by Crippen LogP contribution is -2.22. The molecule has 4 rings (SSSR count). The Hall–Kier alpha value is -3.43. The quantitative estimate of drug-likeness (QED) is 0.404. The van der Waals surface area contributed by atoms with Crippen molar-refractivity contribution in [2.24, 2.45) is 0 Å². The van der Waals surface area contributed by atoms with Crippen molar-refractivity contribution in [2.75, 3.05) is 0 Å². The van der Waals surface area contributed by atoms with E-state index in [1.54, 1.807) is 55.1 Å². The molecule has 8 nitrogen and oxygen atoms in total. The van der Waals surface area contributed by atoms with Gasteiger partial charge in [0.15, 0.2) is 5.82 Å². The number of aliphatic hydroxyl groups is 1. The van der Waals surface area contributed by atoms with Gasteiger partial charge in [-0.1, -0.05) is 6.07 Å². The normalized spacial score (nSPS) is 11.5. The number of halogens is 1. The Kier molecular flexibility index (Phi) is 6.58. The van der Waals surface area contributed by atoms with Crippen molar-refractivity contribution in [2.45, 2.75) is 39.9 Å². The lowest BCUT2D eigenvalue weighted by molar-refractivity contribution is 0.0688. The lowest BCUT2D eigenvalue weighted by Gasteiger charge is -2.16. The van der Waals surface area contributed by atoms with Crippen LogP contribution >= 0.6 is 15.9 Å². The molecule has 0 unspecified atom stereocenters. The molecule has 0 saturated carbocycles. The molecule has 0 bridgehead atoms. The molecule has 4 aromatic rings. The van der Waals surface area contributed by atoms with Crippen LogP contribution in [0.15, 0.2) is 64.1 Å². The van der Waals surface area contributed by atoms with Crippen LogP contribution in [0.5, 0.6) is 5.75 Å². The molecule has 0 atom stereocenters. The van der Waals surface area contributed by atoms with E-state index in [1.165, 1.54) is 0 Å². The van der Waals surface area contributed by atoms with Gasteiger partial charge in [0.25, 0.3) is 5.56 Å². The van der Waals surface area contributed by atoms with Crippen molar-refractivity contribution in [3.05, 3.63) is 92.6 Å². The second-order valence-corrected chi connectivity index (χ2v) is 9.18. The van der Waals surface area contributed by atoms with Gasteiger partial charge in [0, 0.05) is 29.8 Å². The van der Waals surface area contributed by atoms with E-state index in [0.717, 1.165) is 11.4 Å². The van der Waals surface area contributed by atoms with Gasteiger partial charge in [-0.05, 0) is 74.0 Å². The molecule has 0 aliphatic heterocycles. The second kappa shape index (κ2) is 9.44. The van der Waals surface area contributed by atoms with Gasteiger partial charge in [0.2, 0.25) is 0 Å². The predicted octanol–water partition coefficient (Wildman–Crippen LogP) is 4.27. The molecule has 0 amide bonds. The number of aryl methyl sites for hydroxylation is 2. The highest BCUT2D eigenvalue weighted by Crippen LogP contribution is 2.26. The fraction of sp³-hybridized carbons (Fsp3) is 0.240. The summed E-state index contributed by atoms with van der Waals surface area (Å²) in [5.41, 5.74) is 2.66. The number of ether oxygens (including phenoxy) is 1. The summed E-state index contributed by atoms with van der Waals surface area (Å²) in [6.07, 6.45) is 3.19. The molecule has 0 radical (unpaired) electrons. The smallest absolute Gasteiger partial charge is 0.273 e. The Morgan fingerprint density at radius 2 is 1.79 bits per heavy atom. The Morgan fingerprint density at radius 1 is 1.03 bits per heavy atom. The predicted molar refractivity (Wildman–Crippen MR) is 132 cm³/mol. The van der Waals surface area contributed by atoms with E-state index in [0.29, 0.717) is 33.0 Å². The number of hydrogen-bond donors (Lipinski definition) is 1. The van der Waals surface area contributed by atoms with Gasteiger partial charge in [-0.15, -0.1) is 0 Å². The number of nitrogens with zero attached hydrogens (tertiary/aromatic N) is 5. The first-order valence-electron chi connectivity index (χ1n) is 10.6. The standard InChI is InChI=1S/C25H24BrN5O3/c1-15-6-5-7-17(29-15)14-34-21-12-16(2)31(23(32)22(21)26)18-8-10-27-20(13-18)19-9-11-28-24(30-19)25(3,4)33/h5-13,33H,14H2,1-4H3. The first-order chi connectivity index (χ1) is 16.1. The highest BCUT2D eigenvalue weighted by molar-refractivity contribution is 9.10. The van der Waals surface area contributed by atoms with Crippen molar-refractivity contribution < 1.29 is 9.84 Å². The van der Waals surface area contributed by atoms with Gasteiger partial charge in [-0.3, -0.25) is 19.3 Å². The first kappa shape index (κ1) is 23.7. The summed E-state index contributed by atoms with van der Waals surface area (Å²) >= 11 is 3.40. The van der Waals surface area contributed by atoms with Crippen LogP contribution in [0.4, 0.5) is 0 Å². The molecule has 0 saturated heterocycles. The fourth-order valence-corrected chi connectivity index (χ4v) is 3.84. The summed E-state index contributed by atoms with van der Waals surface area (Å²) < 4.78 is 7.78. The molecule has 0 spiro atoms. The molecule has 4 heterocycles. The van der Waals surface area contributed by atoms with Gasteiger partial charge >= 0.3 is 0 Å². The maximum absolute atomic E-state index is 13.3. The van der Waals surface area contributed by atoms with E-state index < -0.39 is 5.60 Å². The SMILES string of the molecule is Cc1cccc(COc2cc(C)n(-c3ccnc(-c4ccnc(C(C)(C)O)n4)c3)c(=O)c2Br)n1. The number of hydrogen-bond acceptors (Lipinski definition) is 7. The van der Waals surface area contributed by atoms with E-state index in [1.807, 2.05) is 32.0 Å². The van der Waals surface area contributed by atoms with Gasteiger partial charge in [0.1, 0.15) is 22.4 Å². The minimum Gasteiger partial charge on any atom is -0.486 e. The minimum absolute atomic E-state index is 0.250. The number of aromatic nitrogens is 5. The maximum Gasteiger partial charge on any atom is 0.273 e. The topological polar surface area (TPSA) is 103 Å². The molecule has 0 fully saturated rings. The molecular formula is C25H24BrN5O3. The first-order valence-corrected chi connectivity index (χ1v) is 11.4. The van der Waals surface area contributed by atoms with Crippen LogP contribution < -0.4 is 10.3 Å². The number of rotatable bonds is 6. The van der Waals surface area contributed by atoms with Crippen LogP contribution in [-0.4, -0.2) is 29.6 Å². The molecule has 0 aliphatic rings. The van der Waals surface area contributed by atoms with Crippen LogP contribution in [0.25, 0.3) is 17.1 Å². The van der Waals surface area contributed by atoms with Gasteiger partial charge in [0.05, 0.1) is 22.8 Å². The Balaban J connectivity index is 1.68. The average Bonchev–Trinajstić information content (AvgIpc) is 2.80. The average molecular weight is 522 g/mol. The summed E-state index contributed by atoms with van der Waals surface area (Å²) in [5, 5.41) is 10.2. The van der Waals surface area contributed by atoms with Crippen molar-refractivity contribution >= 4 is 15.9 Å². The van der Waals surface area contributed by atoms with Crippen LogP contribution in [0, 0.1) is 13.8 Å². The zero-order chi connectivity index (χ0) is 24.5. The van der Waals surface area contributed by atoms with Crippen molar-refractivity contribution in [3.63, 3.8) is 0 Å². The summed E-state index contributed by atoms with van der Waals surface area (Å²) in [5.74, 6) is 0.736. The molecule has 174 valence electrons. The number of pyridine rings is 3. The van der Waals surface area contributed by atoms with Gasteiger partial charge in [-0.2, -0.15) is 0 Å². The van der Waals surface area contributed by atoms with E-state index in [-0.39, 0.29) is 18.0 Å². The minimum atomic E-state index is -1.18. The van der Waals surface area contributed by atoms with Crippen LogP contribution in [0.3, 0.4) is 0 Å². The van der Waals surface area contributed by atoms with Crippen LogP contribution in [-0.2, 0) is 12.2 Å². The van der Waals surface area contributed by atoms with E-state index >= 15 is 0 Å². The molecule has 34 heavy (non-hydrogen) atoms. The summed E-state index contributed by atoms with van der Waals surface area (Å²) in [6.45, 7) is 7.24. The van der Waals surface area contributed by atoms with E-state index in [9.17, 15) is 9.90 Å². The Labute approximate surface area is 205 Å². The molecule has 1 N–H and O–H groups in total. The van der Waals surface area contributed by atoms with E-state index in [4.69, 9.17) is 4.74 Å². The summed E-state index contributed by atoms with van der Waals surface area (Å²) in [7, 11) is 0. The highest BCUT2D eigenvalue weighted by atomic mass is 79.9. The molecule has 4 aromatic heterocycles. The third kappa shape index (κ3) is 5.05. The largest absolute Gasteiger partial charge is 0.486 e. The third-order valence-electron chi connectivity index (χ3n) is 5.09. The van der Waals surface area contributed by atoms with Crippen molar-refractivity contribution in [3.8, 4) is 22.8 Å². The second-order valence-electron chi connectivity index (χ2n) is 8.39.